The molecule has 29 heavy (non-hydrogen) atoms. The summed E-state index contributed by atoms with van der Waals surface area (Å²) in [5.41, 5.74) is 8.38. The Hall–Kier alpha value is -2.75. The zero-order valence-corrected chi connectivity index (χ0v) is 16.4. The van der Waals surface area contributed by atoms with Crippen molar-refractivity contribution in [2.75, 3.05) is 6.61 Å². The first-order valence-electron chi connectivity index (χ1n) is 9.67. The van der Waals surface area contributed by atoms with Crippen LogP contribution in [0.1, 0.15) is 30.4 Å². The first kappa shape index (κ1) is 18.3. The lowest BCUT2D eigenvalue weighted by Crippen LogP contribution is -2.51. The molecular weight excluding hydrogens is 390 g/mol. The molecule has 0 unspecified atom stereocenters. The van der Waals surface area contributed by atoms with Gasteiger partial charge in [-0.25, -0.2) is 4.99 Å². The highest BCUT2D eigenvalue weighted by molar-refractivity contribution is 6.31. The number of aliphatic hydroxyl groups is 1. The first-order chi connectivity index (χ1) is 14.0. The van der Waals surface area contributed by atoms with Gasteiger partial charge < -0.3 is 20.3 Å². The van der Waals surface area contributed by atoms with Gasteiger partial charge in [0, 0.05) is 16.5 Å². The van der Waals surface area contributed by atoms with Crippen LogP contribution in [0.15, 0.2) is 41.4 Å². The van der Waals surface area contributed by atoms with Gasteiger partial charge in [0.25, 0.3) is 6.02 Å². The van der Waals surface area contributed by atoms with E-state index in [1.165, 1.54) is 0 Å². The van der Waals surface area contributed by atoms with E-state index in [0.29, 0.717) is 30.0 Å². The van der Waals surface area contributed by atoms with Crippen molar-refractivity contribution in [2.45, 2.75) is 37.0 Å². The van der Waals surface area contributed by atoms with Gasteiger partial charge in [-0.1, -0.05) is 17.7 Å². The maximum atomic E-state index is 10.3. The van der Waals surface area contributed by atoms with E-state index in [2.05, 4.69) is 6.07 Å². The molecule has 2 aromatic rings. The molecule has 1 saturated carbocycles. The molecule has 1 aliphatic carbocycles. The molecule has 2 heterocycles. The summed E-state index contributed by atoms with van der Waals surface area (Å²) in [7, 11) is 0. The number of fused-ring (bicyclic) bond motifs is 4. The van der Waals surface area contributed by atoms with Crippen molar-refractivity contribution >= 4 is 17.6 Å². The van der Waals surface area contributed by atoms with Crippen LogP contribution in [-0.4, -0.2) is 29.9 Å². The molecule has 7 heteroatoms. The van der Waals surface area contributed by atoms with E-state index in [-0.39, 0.29) is 24.1 Å². The van der Waals surface area contributed by atoms with Crippen molar-refractivity contribution in [3.05, 3.63) is 52.5 Å². The topological polar surface area (TPSA) is 101 Å². The summed E-state index contributed by atoms with van der Waals surface area (Å²) in [4.78, 5) is 4.73. The lowest BCUT2D eigenvalue weighted by molar-refractivity contribution is -0.0359. The quantitative estimate of drug-likeness (QED) is 0.752. The SMILES string of the molecule is N#Cc1cc(Cl)cc(-c2ccc3c(c2)[C@]2(COC(N)=N2)[C@@H]2C[C@H](O)CC[C@H]2O3)c1. The standard InChI is InChI=1S/C22H20ClN3O3/c23-15-6-12(10-24)5-14(7-15)13-1-3-19-17(8-13)22(11-28-21(25)26-22)18-9-16(27)2-4-20(18)29-19/h1,3,5-8,16,18,20,27H,2,4,9,11H2,(H2,25,26)/t16-,18-,20-,22-/m1/s1. The normalized spacial score (nSPS) is 29.8. The summed E-state index contributed by atoms with van der Waals surface area (Å²) in [6.07, 6.45) is 1.65. The minimum absolute atomic E-state index is 0.0240. The molecule has 3 aliphatic rings. The number of nitrogens with zero attached hydrogens (tertiary/aromatic N) is 2. The molecule has 148 valence electrons. The molecule has 1 fully saturated rings. The van der Waals surface area contributed by atoms with Crippen molar-refractivity contribution in [1.29, 1.82) is 5.26 Å². The van der Waals surface area contributed by atoms with E-state index in [9.17, 15) is 10.4 Å². The van der Waals surface area contributed by atoms with Crippen LogP contribution in [0.5, 0.6) is 5.75 Å². The number of halogens is 1. The molecule has 4 atom stereocenters. The predicted molar refractivity (Wildman–Crippen MR) is 109 cm³/mol. The monoisotopic (exact) mass is 409 g/mol. The molecular formula is C22H20ClN3O3. The van der Waals surface area contributed by atoms with Gasteiger partial charge in [-0.3, -0.25) is 0 Å². The zero-order valence-electron chi connectivity index (χ0n) is 15.6. The Kier molecular flexibility index (Phi) is 4.19. The average Bonchev–Trinajstić information content (AvgIpc) is 3.10. The van der Waals surface area contributed by atoms with Crippen molar-refractivity contribution < 1.29 is 14.6 Å². The van der Waals surface area contributed by atoms with Crippen LogP contribution in [0.4, 0.5) is 0 Å². The van der Waals surface area contributed by atoms with Gasteiger partial charge in [-0.15, -0.1) is 0 Å². The third-order valence-electron chi connectivity index (χ3n) is 6.21. The number of rotatable bonds is 1. The van der Waals surface area contributed by atoms with Crippen molar-refractivity contribution in [3.63, 3.8) is 0 Å². The van der Waals surface area contributed by atoms with Gasteiger partial charge in [0.1, 0.15) is 24.0 Å². The Bertz CT molecular complexity index is 1060. The van der Waals surface area contributed by atoms with Crippen LogP contribution in [0, 0.1) is 17.2 Å². The number of hydrogen-bond acceptors (Lipinski definition) is 6. The van der Waals surface area contributed by atoms with Gasteiger partial charge >= 0.3 is 0 Å². The summed E-state index contributed by atoms with van der Waals surface area (Å²) < 4.78 is 11.9. The second-order valence-corrected chi connectivity index (χ2v) is 8.38. The number of ether oxygens (including phenoxy) is 2. The summed E-state index contributed by atoms with van der Waals surface area (Å²) >= 11 is 6.21. The van der Waals surface area contributed by atoms with E-state index in [4.69, 9.17) is 31.8 Å². The number of amidine groups is 1. The van der Waals surface area contributed by atoms with Gasteiger partial charge in [-0.2, -0.15) is 5.26 Å². The van der Waals surface area contributed by atoms with E-state index < -0.39 is 5.54 Å². The van der Waals surface area contributed by atoms with Crippen molar-refractivity contribution in [3.8, 4) is 22.9 Å². The highest BCUT2D eigenvalue weighted by atomic mass is 35.5. The molecule has 0 amide bonds. The van der Waals surface area contributed by atoms with Crippen molar-refractivity contribution in [2.24, 2.45) is 16.6 Å². The van der Waals surface area contributed by atoms with Gasteiger partial charge in [0.15, 0.2) is 0 Å². The van der Waals surface area contributed by atoms with E-state index >= 15 is 0 Å². The Labute approximate surface area is 173 Å². The number of hydrogen-bond donors (Lipinski definition) is 2. The van der Waals surface area contributed by atoms with E-state index in [0.717, 1.165) is 28.9 Å². The molecule has 2 aromatic carbocycles. The summed E-state index contributed by atoms with van der Waals surface area (Å²) in [6, 6.07) is 13.5. The van der Waals surface area contributed by atoms with Crippen LogP contribution in [0.25, 0.3) is 11.1 Å². The molecule has 5 rings (SSSR count). The highest BCUT2D eigenvalue weighted by Crippen LogP contribution is 2.53. The van der Waals surface area contributed by atoms with Crippen LogP contribution >= 0.6 is 11.6 Å². The fraction of sp³-hybridized carbons (Fsp3) is 0.364. The zero-order chi connectivity index (χ0) is 20.2. The van der Waals surface area contributed by atoms with E-state index in [1.807, 2.05) is 24.3 Å². The summed E-state index contributed by atoms with van der Waals surface area (Å²) in [6.45, 7) is 0.325. The highest BCUT2D eigenvalue weighted by Gasteiger charge is 2.55. The summed E-state index contributed by atoms with van der Waals surface area (Å²) in [5, 5.41) is 20.1. The fourth-order valence-corrected chi connectivity index (χ4v) is 5.11. The largest absolute Gasteiger partial charge is 0.490 e. The van der Waals surface area contributed by atoms with Gasteiger partial charge in [-0.05, 0) is 60.7 Å². The third-order valence-corrected chi connectivity index (χ3v) is 6.43. The maximum absolute atomic E-state index is 10.3. The smallest absolute Gasteiger partial charge is 0.283 e. The number of aliphatic imine (C=N–C) groups is 1. The predicted octanol–water partition coefficient (Wildman–Crippen LogP) is 3.34. The fourth-order valence-electron chi connectivity index (χ4n) is 4.87. The molecule has 0 saturated heterocycles. The Morgan fingerprint density at radius 3 is 2.83 bits per heavy atom. The molecule has 1 spiro atoms. The lowest BCUT2D eigenvalue weighted by Gasteiger charge is -2.47. The average molecular weight is 410 g/mol. The van der Waals surface area contributed by atoms with Crippen LogP contribution < -0.4 is 10.5 Å². The van der Waals surface area contributed by atoms with Crippen LogP contribution in [-0.2, 0) is 10.3 Å². The number of nitrogens with two attached hydrogens (primary N) is 1. The van der Waals surface area contributed by atoms with Crippen LogP contribution in [0.3, 0.4) is 0 Å². The summed E-state index contributed by atoms with van der Waals surface area (Å²) in [5.74, 6) is 0.736. The molecule has 0 aromatic heterocycles. The molecule has 0 radical (unpaired) electrons. The van der Waals surface area contributed by atoms with Gasteiger partial charge in [0.05, 0.1) is 17.7 Å². The first-order valence-corrected chi connectivity index (χ1v) is 10.0. The Morgan fingerprint density at radius 1 is 1.21 bits per heavy atom. The minimum Gasteiger partial charge on any atom is -0.490 e. The molecule has 0 bridgehead atoms. The van der Waals surface area contributed by atoms with Crippen molar-refractivity contribution in [1.82, 2.24) is 0 Å². The van der Waals surface area contributed by atoms with E-state index in [1.54, 1.807) is 12.1 Å². The third kappa shape index (κ3) is 2.93. The lowest BCUT2D eigenvalue weighted by atomic mass is 9.67. The molecule has 3 N–H and O–H groups in total. The molecule has 6 nitrogen and oxygen atoms in total. The maximum Gasteiger partial charge on any atom is 0.283 e. The Morgan fingerprint density at radius 2 is 2.07 bits per heavy atom. The number of aliphatic hydroxyl groups excluding tert-OH is 1. The Balaban J connectivity index is 1.66. The van der Waals surface area contributed by atoms with Gasteiger partial charge in [0.2, 0.25) is 0 Å². The number of nitriles is 1. The number of benzene rings is 2. The van der Waals surface area contributed by atoms with Crippen LogP contribution in [0.2, 0.25) is 5.02 Å². The minimum atomic E-state index is -0.684. The molecule has 2 aliphatic heterocycles. The second kappa shape index (κ2) is 6.65. The second-order valence-electron chi connectivity index (χ2n) is 7.94.